The molecule has 0 bridgehead atoms. The molecule has 0 radical (unpaired) electrons. The number of nitrogens with zero attached hydrogens (tertiary/aromatic N) is 2. The van der Waals surface area contributed by atoms with Crippen LogP contribution < -0.4 is 5.32 Å². The van der Waals surface area contributed by atoms with E-state index in [0.717, 1.165) is 12.3 Å². The molecule has 1 fully saturated rings. The zero-order valence-corrected chi connectivity index (χ0v) is 9.41. The SMILES string of the molecule is O=C(CCC1CCCC1)NCc1ncn[nH]1. The average molecular weight is 222 g/mol. The molecule has 0 aliphatic heterocycles. The first kappa shape index (κ1) is 11.1. The predicted octanol–water partition coefficient (Wildman–Crippen LogP) is 1.39. The number of aromatic nitrogens is 3. The molecule has 5 nitrogen and oxygen atoms in total. The molecule has 0 aromatic carbocycles. The van der Waals surface area contributed by atoms with Gasteiger partial charge >= 0.3 is 0 Å². The maximum absolute atomic E-state index is 11.5. The molecule has 1 saturated carbocycles. The summed E-state index contributed by atoms with van der Waals surface area (Å²) in [5, 5.41) is 9.27. The lowest BCUT2D eigenvalue weighted by atomic mass is 10.0. The maximum Gasteiger partial charge on any atom is 0.220 e. The van der Waals surface area contributed by atoms with Crippen molar-refractivity contribution in [1.29, 1.82) is 0 Å². The van der Waals surface area contributed by atoms with Crippen molar-refractivity contribution < 1.29 is 4.79 Å². The fraction of sp³-hybridized carbons (Fsp3) is 0.727. The molecule has 88 valence electrons. The van der Waals surface area contributed by atoms with E-state index in [2.05, 4.69) is 20.5 Å². The van der Waals surface area contributed by atoms with Crippen LogP contribution in [0.5, 0.6) is 0 Å². The highest BCUT2D eigenvalue weighted by Crippen LogP contribution is 2.28. The minimum absolute atomic E-state index is 0.114. The third-order valence-corrected chi connectivity index (χ3v) is 3.17. The van der Waals surface area contributed by atoms with Crippen LogP contribution in [0, 0.1) is 5.92 Å². The molecule has 0 spiro atoms. The Morgan fingerprint density at radius 3 is 3.00 bits per heavy atom. The van der Waals surface area contributed by atoms with Gasteiger partial charge < -0.3 is 5.32 Å². The number of H-pyrrole nitrogens is 1. The molecule has 16 heavy (non-hydrogen) atoms. The molecule has 2 N–H and O–H groups in total. The molecule has 1 amide bonds. The van der Waals surface area contributed by atoms with Crippen molar-refractivity contribution in [3.63, 3.8) is 0 Å². The van der Waals surface area contributed by atoms with Gasteiger partial charge in [0.05, 0.1) is 6.54 Å². The van der Waals surface area contributed by atoms with Gasteiger partial charge in [0.15, 0.2) is 0 Å². The van der Waals surface area contributed by atoms with Gasteiger partial charge in [-0.05, 0) is 12.3 Å². The highest BCUT2D eigenvalue weighted by atomic mass is 16.1. The third-order valence-electron chi connectivity index (χ3n) is 3.17. The topological polar surface area (TPSA) is 70.7 Å². The van der Waals surface area contributed by atoms with Crippen LogP contribution in [0.1, 0.15) is 44.3 Å². The molecular weight excluding hydrogens is 204 g/mol. The Labute approximate surface area is 95.0 Å². The third kappa shape index (κ3) is 3.32. The Morgan fingerprint density at radius 2 is 2.31 bits per heavy atom. The van der Waals surface area contributed by atoms with Crippen LogP contribution in [-0.2, 0) is 11.3 Å². The summed E-state index contributed by atoms with van der Waals surface area (Å²) in [6.07, 6.45) is 8.39. The number of carbonyl (C=O) groups is 1. The minimum atomic E-state index is 0.114. The molecule has 1 aliphatic rings. The summed E-state index contributed by atoms with van der Waals surface area (Å²) in [5.41, 5.74) is 0. The van der Waals surface area contributed by atoms with E-state index in [9.17, 15) is 4.79 Å². The van der Waals surface area contributed by atoms with E-state index in [1.54, 1.807) is 0 Å². The van der Waals surface area contributed by atoms with Crippen LogP contribution in [-0.4, -0.2) is 21.1 Å². The fourth-order valence-corrected chi connectivity index (χ4v) is 2.22. The Balaban J connectivity index is 1.60. The summed E-state index contributed by atoms with van der Waals surface area (Å²) in [5.74, 6) is 1.59. The van der Waals surface area contributed by atoms with Crippen molar-refractivity contribution >= 4 is 5.91 Å². The predicted molar refractivity (Wildman–Crippen MR) is 59.4 cm³/mol. The summed E-state index contributed by atoms with van der Waals surface area (Å²) < 4.78 is 0. The highest BCUT2D eigenvalue weighted by Gasteiger charge is 2.15. The van der Waals surface area contributed by atoms with Gasteiger partial charge in [-0.3, -0.25) is 9.89 Å². The number of amides is 1. The van der Waals surface area contributed by atoms with Gasteiger partial charge in [0.1, 0.15) is 12.2 Å². The molecule has 1 aromatic rings. The Hall–Kier alpha value is -1.39. The van der Waals surface area contributed by atoms with E-state index in [1.165, 1.54) is 32.0 Å². The molecule has 0 unspecified atom stereocenters. The Kier molecular flexibility index (Phi) is 3.91. The van der Waals surface area contributed by atoms with Crippen molar-refractivity contribution in [3.05, 3.63) is 12.2 Å². The minimum Gasteiger partial charge on any atom is -0.349 e. The fourth-order valence-electron chi connectivity index (χ4n) is 2.22. The highest BCUT2D eigenvalue weighted by molar-refractivity contribution is 5.75. The standard InChI is InChI=1S/C11H18N4O/c16-11(6-5-9-3-1-2-4-9)12-7-10-13-8-14-15-10/h8-9H,1-7H2,(H,12,16)(H,13,14,15). The quantitative estimate of drug-likeness (QED) is 0.791. The van der Waals surface area contributed by atoms with Crippen LogP contribution in [0.3, 0.4) is 0 Å². The van der Waals surface area contributed by atoms with Gasteiger partial charge in [-0.2, -0.15) is 5.10 Å². The van der Waals surface area contributed by atoms with Gasteiger partial charge in [0, 0.05) is 6.42 Å². The molecule has 1 aliphatic carbocycles. The summed E-state index contributed by atoms with van der Waals surface area (Å²) in [4.78, 5) is 15.5. The summed E-state index contributed by atoms with van der Waals surface area (Å²) in [6.45, 7) is 0.448. The Bertz CT molecular complexity index is 317. The molecular formula is C11H18N4O. The smallest absolute Gasteiger partial charge is 0.220 e. The molecule has 0 saturated heterocycles. The van der Waals surface area contributed by atoms with Crippen molar-refractivity contribution in [1.82, 2.24) is 20.5 Å². The van der Waals surface area contributed by atoms with E-state index >= 15 is 0 Å². The van der Waals surface area contributed by atoms with E-state index < -0.39 is 0 Å². The number of carbonyl (C=O) groups excluding carboxylic acids is 1. The number of nitrogens with one attached hydrogen (secondary N) is 2. The van der Waals surface area contributed by atoms with Crippen molar-refractivity contribution in [3.8, 4) is 0 Å². The van der Waals surface area contributed by atoms with Gasteiger partial charge in [-0.15, -0.1) is 0 Å². The number of hydrogen-bond acceptors (Lipinski definition) is 3. The number of hydrogen-bond donors (Lipinski definition) is 2. The van der Waals surface area contributed by atoms with E-state index in [-0.39, 0.29) is 5.91 Å². The van der Waals surface area contributed by atoms with Gasteiger partial charge in [-0.1, -0.05) is 25.7 Å². The molecule has 0 atom stereocenters. The second kappa shape index (κ2) is 5.63. The average Bonchev–Trinajstić information content (AvgIpc) is 2.96. The van der Waals surface area contributed by atoms with E-state index in [4.69, 9.17) is 0 Å². The first-order valence-electron chi connectivity index (χ1n) is 5.95. The first-order chi connectivity index (χ1) is 7.84. The normalized spacial score (nSPS) is 16.5. The molecule has 1 heterocycles. The zero-order chi connectivity index (χ0) is 11.2. The largest absolute Gasteiger partial charge is 0.349 e. The molecule has 1 aromatic heterocycles. The van der Waals surface area contributed by atoms with Gasteiger partial charge in [0.2, 0.25) is 5.91 Å². The maximum atomic E-state index is 11.5. The summed E-state index contributed by atoms with van der Waals surface area (Å²) >= 11 is 0. The van der Waals surface area contributed by atoms with Crippen molar-refractivity contribution in [2.24, 2.45) is 5.92 Å². The second-order valence-electron chi connectivity index (χ2n) is 4.40. The van der Waals surface area contributed by atoms with Crippen molar-refractivity contribution in [2.75, 3.05) is 0 Å². The second-order valence-corrected chi connectivity index (χ2v) is 4.40. The van der Waals surface area contributed by atoms with Crippen LogP contribution in [0.25, 0.3) is 0 Å². The van der Waals surface area contributed by atoms with Gasteiger partial charge in [0.25, 0.3) is 0 Å². The lowest BCUT2D eigenvalue weighted by Crippen LogP contribution is -2.23. The van der Waals surface area contributed by atoms with E-state index in [1.807, 2.05) is 0 Å². The molecule has 2 rings (SSSR count). The monoisotopic (exact) mass is 222 g/mol. The van der Waals surface area contributed by atoms with Gasteiger partial charge in [-0.25, -0.2) is 4.98 Å². The molecule has 5 heteroatoms. The Morgan fingerprint density at radius 1 is 1.50 bits per heavy atom. The summed E-state index contributed by atoms with van der Waals surface area (Å²) in [7, 11) is 0. The lowest BCUT2D eigenvalue weighted by molar-refractivity contribution is -0.121. The van der Waals surface area contributed by atoms with Crippen LogP contribution in [0.2, 0.25) is 0 Å². The van der Waals surface area contributed by atoms with Crippen molar-refractivity contribution in [2.45, 2.75) is 45.1 Å². The first-order valence-corrected chi connectivity index (χ1v) is 5.95. The van der Waals surface area contributed by atoms with Crippen LogP contribution >= 0.6 is 0 Å². The lowest BCUT2D eigenvalue weighted by Gasteiger charge is -2.08. The number of aromatic amines is 1. The summed E-state index contributed by atoms with van der Waals surface area (Å²) in [6, 6.07) is 0. The van der Waals surface area contributed by atoms with E-state index in [0.29, 0.717) is 18.8 Å². The number of rotatable bonds is 5. The van der Waals surface area contributed by atoms with Crippen LogP contribution in [0.15, 0.2) is 6.33 Å². The van der Waals surface area contributed by atoms with Crippen LogP contribution in [0.4, 0.5) is 0 Å². The zero-order valence-electron chi connectivity index (χ0n) is 9.41.